The third-order valence-electron chi connectivity index (χ3n) is 5.37. The molecule has 0 saturated heterocycles. The standard InChI is InChI=1S/C23H25BrN6O/c1-14-6-5-7-18(12-14)19-8-9-26-23-21(19)15(2)27-30(23)13-20(31)25-10-11-29-17(4)22(24)16(3)28-29/h5-9,12H,10-11,13H2,1-4H3,(H,25,31). The number of pyridine rings is 1. The fraction of sp³-hybridized carbons (Fsp3) is 0.304. The number of hydrogen-bond acceptors (Lipinski definition) is 4. The number of hydrogen-bond donors (Lipinski definition) is 1. The van der Waals surface area contributed by atoms with E-state index in [1.165, 1.54) is 5.56 Å². The van der Waals surface area contributed by atoms with Gasteiger partial charge in [0.05, 0.1) is 22.4 Å². The van der Waals surface area contributed by atoms with Gasteiger partial charge in [-0.2, -0.15) is 10.2 Å². The molecule has 1 aromatic carbocycles. The normalized spacial score (nSPS) is 11.3. The maximum absolute atomic E-state index is 12.6. The minimum atomic E-state index is -0.104. The molecular weight excluding hydrogens is 456 g/mol. The van der Waals surface area contributed by atoms with Gasteiger partial charge in [-0.3, -0.25) is 9.48 Å². The molecule has 0 saturated carbocycles. The van der Waals surface area contributed by atoms with E-state index in [9.17, 15) is 4.79 Å². The van der Waals surface area contributed by atoms with E-state index in [0.29, 0.717) is 18.7 Å². The van der Waals surface area contributed by atoms with Crippen molar-refractivity contribution in [3.63, 3.8) is 0 Å². The van der Waals surface area contributed by atoms with Gasteiger partial charge in [-0.25, -0.2) is 9.67 Å². The van der Waals surface area contributed by atoms with E-state index in [1.807, 2.05) is 37.6 Å². The predicted octanol–water partition coefficient (Wildman–Crippen LogP) is 4.11. The summed E-state index contributed by atoms with van der Waals surface area (Å²) < 4.78 is 4.58. The Balaban J connectivity index is 1.50. The highest BCUT2D eigenvalue weighted by Gasteiger charge is 2.16. The topological polar surface area (TPSA) is 77.6 Å². The second-order valence-electron chi connectivity index (χ2n) is 7.73. The van der Waals surface area contributed by atoms with Crippen LogP contribution in [0.25, 0.3) is 22.2 Å². The summed E-state index contributed by atoms with van der Waals surface area (Å²) in [5.41, 5.74) is 6.96. The molecule has 0 atom stereocenters. The van der Waals surface area contributed by atoms with Crippen molar-refractivity contribution in [2.75, 3.05) is 6.54 Å². The van der Waals surface area contributed by atoms with Crippen LogP contribution in [0.15, 0.2) is 41.0 Å². The van der Waals surface area contributed by atoms with E-state index in [4.69, 9.17) is 0 Å². The number of carbonyl (C=O) groups is 1. The monoisotopic (exact) mass is 480 g/mol. The third-order valence-corrected chi connectivity index (χ3v) is 6.52. The maximum Gasteiger partial charge on any atom is 0.241 e. The van der Waals surface area contributed by atoms with Gasteiger partial charge in [0.1, 0.15) is 6.54 Å². The number of carbonyl (C=O) groups excluding carboxylic acids is 1. The molecule has 1 amide bonds. The number of aromatic nitrogens is 5. The second kappa shape index (κ2) is 8.63. The smallest absolute Gasteiger partial charge is 0.241 e. The van der Waals surface area contributed by atoms with Gasteiger partial charge in [-0.1, -0.05) is 29.8 Å². The second-order valence-corrected chi connectivity index (χ2v) is 8.52. The lowest BCUT2D eigenvalue weighted by atomic mass is 10.0. The molecule has 0 aliphatic carbocycles. The number of fused-ring (bicyclic) bond motifs is 1. The first-order valence-electron chi connectivity index (χ1n) is 10.2. The van der Waals surface area contributed by atoms with Gasteiger partial charge in [0.25, 0.3) is 0 Å². The molecule has 4 aromatic rings. The molecule has 0 unspecified atom stereocenters. The van der Waals surface area contributed by atoms with Crippen LogP contribution in [-0.2, 0) is 17.9 Å². The quantitative estimate of drug-likeness (QED) is 0.450. The summed E-state index contributed by atoms with van der Waals surface area (Å²) in [7, 11) is 0. The number of aryl methyl sites for hydroxylation is 3. The SMILES string of the molecule is Cc1cccc(-c2ccnc3c2c(C)nn3CC(=O)NCCn2nc(C)c(Br)c2C)c1. The molecule has 0 aliphatic heterocycles. The van der Waals surface area contributed by atoms with Crippen molar-refractivity contribution in [2.45, 2.75) is 40.8 Å². The number of benzene rings is 1. The number of nitrogens with one attached hydrogen (secondary N) is 1. The molecule has 3 heterocycles. The first kappa shape index (κ1) is 21.2. The zero-order valence-electron chi connectivity index (χ0n) is 18.1. The van der Waals surface area contributed by atoms with E-state index in [0.717, 1.165) is 38.1 Å². The minimum absolute atomic E-state index is 0.104. The Hall–Kier alpha value is -3.00. The van der Waals surface area contributed by atoms with Crippen molar-refractivity contribution >= 4 is 32.9 Å². The van der Waals surface area contributed by atoms with Crippen LogP contribution in [0.2, 0.25) is 0 Å². The molecule has 160 valence electrons. The van der Waals surface area contributed by atoms with Gasteiger partial charge in [-0.15, -0.1) is 0 Å². The average molecular weight is 481 g/mol. The van der Waals surface area contributed by atoms with Crippen molar-refractivity contribution in [3.05, 3.63) is 63.6 Å². The molecule has 0 aliphatic rings. The summed E-state index contributed by atoms with van der Waals surface area (Å²) >= 11 is 3.53. The molecule has 0 fully saturated rings. The molecule has 4 rings (SSSR count). The largest absolute Gasteiger partial charge is 0.353 e. The lowest BCUT2D eigenvalue weighted by molar-refractivity contribution is -0.121. The van der Waals surface area contributed by atoms with Crippen LogP contribution in [-0.4, -0.2) is 37.0 Å². The molecule has 8 heteroatoms. The van der Waals surface area contributed by atoms with Gasteiger partial charge in [0.2, 0.25) is 5.91 Å². The minimum Gasteiger partial charge on any atom is -0.353 e. The van der Waals surface area contributed by atoms with Crippen LogP contribution in [0.1, 0.15) is 22.6 Å². The zero-order chi connectivity index (χ0) is 22.1. The highest BCUT2D eigenvalue weighted by Crippen LogP contribution is 2.30. The van der Waals surface area contributed by atoms with Crippen molar-refractivity contribution in [3.8, 4) is 11.1 Å². The van der Waals surface area contributed by atoms with Gasteiger partial charge in [-0.05, 0) is 60.8 Å². The summed E-state index contributed by atoms with van der Waals surface area (Å²) in [6.45, 7) is 9.21. The van der Waals surface area contributed by atoms with Crippen LogP contribution in [0.3, 0.4) is 0 Å². The Morgan fingerprint density at radius 2 is 1.84 bits per heavy atom. The Morgan fingerprint density at radius 3 is 2.55 bits per heavy atom. The van der Waals surface area contributed by atoms with Crippen LogP contribution in [0.4, 0.5) is 0 Å². The van der Waals surface area contributed by atoms with Gasteiger partial charge < -0.3 is 5.32 Å². The molecule has 0 spiro atoms. The Morgan fingerprint density at radius 1 is 1.06 bits per heavy atom. The Bertz CT molecular complexity index is 1270. The fourth-order valence-electron chi connectivity index (χ4n) is 3.83. The highest BCUT2D eigenvalue weighted by molar-refractivity contribution is 9.10. The molecule has 3 aromatic heterocycles. The molecule has 31 heavy (non-hydrogen) atoms. The van der Waals surface area contributed by atoms with Crippen LogP contribution >= 0.6 is 15.9 Å². The summed E-state index contributed by atoms with van der Waals surface area (Å²) in [4.78, 5) is 17.1. The summed E-state index contributed by atoms with van der Waals surface area (Å²) in [6.07, 6.45) is 1.77. The lowest BCUT2D eigenvalue weighted by Gasteiger charge is -2.08. The van der Waals surface area contributed by atoms with E-state index in [-0.39, 0.29) is 12.5 Å². The molecule has 0 radical (unpaired) electrons. The molecule has 7 nitrogen and oxygen atoms in total. The van der Waals surface area contributed by atoms with Crippen molar-refractivity contribution in [1.82, 2.24) is 29.9 Å². The fourth-order valence-corrected chi connectivity index (χ4v) is 4.11. The number of nitrogens with zero attached hydrogens (tertiary/aromatic N) is 5. The van der Waals surface area contributed by atoms with E-state index in [1.54, 1.807) is 10.9 Å². The average Bonchev–Trinajstić information content (AvgIpc) is 3.19. The first-order chi connectivity index (χ1) is 14.8. The van der Waals surface area contributed by atoms with E-state index in [2.05, 4.69) is 61.6 Å². The summed E-state index contributed by atoms with van der Waals surface area (Å²) in [5.74, 6) is -0.104. The number of amides is 1. The predicted molar refractivity (Wildman–Crippen MR) is 125 cm³/mol. The first-order valence-corrected chi connectivity index (χ1v) is 11.0. The third kappa shape index (κ3) is 4.25. The number of halogens is 1. The van der Waals surface area contributed by atoms with Crippen molar-refractivity contribution < 1.29 is 4.79 Å². The van der Waals surface area contributed by atoms with Gasteiger partial charge in [0.15, 0.2) is 5.65 Å². The lowest BCUT2D eigenvalue weighted by Crippen LogP contribution is -2.31. The Labute approximate surface area is 189 Å². The van der Waals surface area contributed by atoms with Crippen LogP contribution in [0.5, 0.6) is 0 Å². The van der Waals surface area contributed by atoms with E-state index < -0.39 is 0 Å². The van der Waals surface area contributed by atoms with Gasteiger partial charge in [0, 0.05) is 23.8 Å². The molecule has 1 N–H and O–H groups in total. The van der Waals surface area contributed by atoms with Gasteiger partial charge >= 0.3 is 0 Å². The zero-order valence-corrected chi connectivity index (χ0v) is 19.7. The maximum atomic E-state index is 12.6. The summed E-state index contributed by atoms with van der Waals surface area (Å²) in [6, 6.07) is 10.4. The Kier molecular flexibility index (Phi) is 5.91. The molecule has 0 bridgehead atoms. The van der Waals surface area contributed by atoms with Crippen LogP contribution < -0.4 is 5.32 Å². The van der Waals surface area contributed by atoms with E-state index >= 15 is 0 Å². The summed E-state index contributed by atoms with van der Waals surface area (Å²) in [5, 5.41) is 13.0. The number of rotatable bonds is 6. The van der Waals surface area contributed by atoms with Crippen molar-refractivity contribution in [2.24, 2.45) is 0 Å². The van der Waals surface area contributed by atoms with Crippen molar-refractivity contribution in [1.29, 1.82) is 0 Å². The molecular formula is C23H25BrN6O. The highest BCUT2D eigenvalue weighted by atomic mass is 79.9. The van der Waals surface area contributed by atoms with Crippen LogP contribution in [0, 0.1) is 27.7 Å².